The summed E-state index contributed by atoms with van der Waals surface area (Å²) < 4.78 is -1.09. The van der Waals surface area contributed by atoms with E-state index in [0.717, 1.165) is 12.8 Å². The number of rotatable bonds is 8. The molecule has 0 aromatic heterocycles. The average molecular weight is 366 g/mol. The third kappa shape index (κ3) is 3.78. The summed E-state index contributed by atoms with van der Waals surface area (Å²) in [6.07, 6.45) is 8.75. The second-order valence-electron chi connectivity index (χ2n) is 6.00. The molecule has 1 N–H and O–H groups in total. The number of unbranched alkanes of at least 4 members (excludes halogenated alkanes) is 6. The number of hydrogen-bond donors (Lipinski definition) is 1. The van der Waals surface area contributed by atoms with E-state index in [2.05, 4.69) is 28.2 Å². The molecule has 1 amide bonds. The van der Waals surface area contributed by atoms with Crippen molar-refractivity contribution in [3.05, 3.63) is 29.8 Å². The van der Waals surface area contributed by atoms with Crippen LogP contribution in [0.1, 0.15) is 68.6 Å². The molecule has 0 saturated carbocycles. The standard InChI is InChI=1S/C18H24BrNO2/c1-2-3-4-5-6-7-10-13-18(19)16(21)14-11-8-9-12-15(14)20-17(18)22/h8-9,11-12H,2-7,10,13H2,1H3,(H,20,22). The number of halogens is 1. The van der Waals surface area contributed by atoms with Crippen molar-refractivity contribution in [3.63, 3.8) is 0 Å². The van der Waals surface area contributed by atoms with E-state index in [4.69, 9.17) is 0 Å². The highest BCUT2D eigenvalue weighted by atomic mass is 79.9. The van der Waals surface area contributed by atoms with Gasteiger partial charge in [-0.3, -0.25) is 9.59 Å². The molecule has 0 bridgehead atoms. The first-order valence-corrected chi connectivity index (χ1v) is 9.03. The Morgan fingerprint density at radius 1 is 1.00 bits per heavy atom. The molecule has 1 aliphatic heterocycles. The van der Waals surface area contributed by atoms with E-state index < -0.39 is 4.32 Å². The molecule has 1 atom stereocenters. The van der Waals surface area contributed by atoms with Crippen molar-refractivity contribution >= 4 is 33.3 Å². The molecule has 1 unspecified atom stereocenters. The first-order chi connectivity index (χ1) is 10.6. The van der Waals surface area contributed by atoms with Crippen molar-refractivity contribution in [2.75, 3.05) is 5.32 Å². The maximum Gasteiger partial charge on any atom is 0.249 e. The number of Topliss-reactive ketones (excluding diaryl/α,β-unsaturated/α-hetero) is 1. The zero-order valence-corrected chi connectivity index (χ0v) is 14.7. The Morgan fingerprint density at radius 3 is 2.36 bits per heavy atom. The topological polar surface area (TPSA) is 46.2 Å². The molecule has 3 nitrogen and oxygen atoms in total. The molecule has 1 aromatic carbocycles. The third-order valence-corrected chi connectivity index (χ3v) is 5.38. The number of anilines is 1. The van der Waals surface area contributed by atoms with Crippen molar-refractivity contribution < 1.29 is 9.59 Å². The number of ketones is 1. The van der Waals surface area contributed by atoms with E-state index in [1.54, 1.807) is 12.1 Å². The van der Waals surface area contributed by atoms with Crippen LogP contribution in [-0.2, 0) is 4.79 Å². The van der Waals surface area contributed by atoms with Gasteiger partial charge in [0.15, 0.2) is 10.1 Å². The van der Waals surface area contributed by atoms with E-state index in [1.165, 1.54) is 32.1 Å². The van der Waals surface area contributed by atoms with Gasteiger partial charge in [0.1, 0.15) is 0 Å². The molecule has 1 heterocycles. The maximum absolute atomic E-state index is 12.6. The normalized spacial score (nSPS) is 20.6. The number of amides is 1. The number of para-hydroxylation sites is 1. The van der Waals surface area contributed by atoms with Gasteiger partial charge in [0.25, 0.3) is 0 Å². The largest absolute Gasteiger partial charge is 0.324 e. The van der Waals surface area contributed by atoms with Crippen LogP contribution < -0.4 is 5.32 Å². The molecule has 0 aliphatic carbocycles. The second kappa shape index (κ2) is 7.91. The van der Waals surface area contributed by atoms with Gasteiger partial charge in [0, 0.05) is 5.56 Å². The lowest BCUT2D eigenvalue weighted by Crippen LogP contribution is -2.48. The smallest absolute Gasteiger partial charge is 0.249 e. The van der Waals surface area contributed by atoms with Crippen LogP contribution in [0.3, 0.4) is 0 Å². The summed E-state index contributed by atoms with van der Waals surface area (Å²) in [5.74, 6) is -0.347. The number of carbonyl (C=O) groups is 2. The highest BCUT2D eigenvalue weighted by Gasteiger charge is 2.47. The fourth-order valence-electron chi connectivity index (χ4n) is 2.88. The Balaban J connectivity index is 1.90. The lowest BCUT2D eigenvalue weighted by atomic mass is 9.87. The summed E-state index contributed by atoms with van der Waals surface area (Å²) in [7, 11) is 0. The molecular formula is C18H24BrNO2. The van der Waals surface area contributed by atoms with E-state index in [0.29, 0.717) is 17.7 Å². The number of carbonyl (C=O) groups excluding carboxylic acids is 2. The van der Waals surface area contributed by atoms with Gasteiger partial charge in [-0.25, -0.2) is 0 Å². The zero-order chi connectivity index (χ0) is 16.0. The van der Waals surface area contributed by atoms with E-state index in [9.17, 15) is 9.59 Å². The highest BCUT2D eigenvalue weighted by Crippen LogP contribution is 2.37. The quantitative estimate of drug-likeness (QED) is 0.395. The Morgan fingerprint density at radius 2 is 1.64 bits per heavy atom. The SMILES string of the molecule is CCCCCCCCCC1(Br)C(=O)Nc2ccccc2C1=O. The molecule has 120 valence electrons. The van der Waals surface area contributed by atoms with Crippen LogP contribution >= 0.6 is 15.9 Å². The molecule has 0 saturated heterocycles. The zero-order valence-electron chi connectivity index (χ0n) is 13.2. The predicted octanol–water partition coefficient (Wildman–Crippen LogP) is 5.10. The van der Waals surface area contributed by atoms with Crippen molar-refractivity contribution in [2.45, 2.75) is 62.6 Å². The minimum Gasteiger partial charge on any atom is -0.324 e. The van der Waals surface area contributed by atoms with Gasteiger partial charge in [0.05, 0.1) is 5.69 Å². The van der Waals surface area contributed by atoms with Crippen LogP contribution in [0.2, 0.25) is 0 Å². The summed E-state index contributed by atoms with van der Waals surface area (Å²) in [5, 5.41) is 2.84. The molecule has 22 heavy (non-hydrogen) atoms. The first kappa shape index (κ1) is 17.2. The minimum absolute atomic E-state index is 0.113. The van der Waals surface area contributed by atoms with Crippen molar-refractivity contribution in [1.29, 1.82) is 0 Å². The summed E-state index contributed by atoms with van der Waals surface area (Å²) in [5.41, 5.74) is 1.22. The van der Waals surface area contributed by atoms with Crippen LogP contribution in [0.25, 0.3) is 0 Å². The molecule has 0 spiro atoms. The summed E-state index contributed by atoms with van der Waals surface area (Å²) in [6, 6.07) is 7.20. The molecule has 1 aliphatic rings. The fraction of sp³-hybridized carbons (Fsp3) is 0.556. The van der Waals surface area contributed by atoms with Crippen molar-refractivity contribution in [1.82, 2.24) is 0 Å². The predicted molar refractivity (Wildman–Crippen MR) is 93.7 cm³/mol. The van der Waals surface area contributed by atoms with Gasteiger partial charge in [-0.05, 0) is 18.6 Å². The average Bonchev–Trinajstić information content (AvgIpc) is 2.52. The van der Waals surface area contributed by atoms with Gasteiger partial charge >= 0.3 is 0 Å². The maximum atomic E-state index is 12.6. The number of nitrogens with one attached hydrogen (secondary N) is 1. The number of fused-ring (bicyclic) bond motifs is 1. The fourth-order valence-corrected chi connectivity index (χ4v) is 3.47. The van der Waals surface area contributed by atoms with E-state index >= 15 is 0 Å². The van der Waals surface area contributed by atoms with Crippen LogP contribution in [-0.4, -0.2) is 16.0 Å². The number of alkyl halides is 1. The molecular weight excluding hydrogens is 342 g/mol. The van der Waals surface area contributed by atoms with Gasteiger partial charge in [-0.2, -0.15) is 0 Å². The Kier molecular flexibility index (Phi) is 6.18. The summed E-state index contributed by atoms with van der Waals surface area (Å²) >= 11 is 3.43. The minimum atomic E-state index is -1.09. The van der Waals surface area contributed by atoms with Crippen LogP contribution in [0, 0.1) is 0 Å². The molecule has 4 heteroatoms. The van der Waals surface area contributed by atoms with E-state index in [-0.39, 0.29) is 11.7 Å². The Bertz CT molecular complexity index is 544. The Hall–Kier alpha value is -1.16. The van der Waals surface area contributed by atoms with Gasteiger partial charge in [-0.15, -0.1) is 0 Å². The number of hydrogen-bond acceptors (Lipinski definition) is 2. The monoisotopic (exact) mass is 365 g/mol. The van der Waals surface area contributed by atoms with Crippen LogP contribution in [0.5, 0.6) is 0 Å². The van der Waals surface area contributed by atoms with Crippen molar-refractivity contribution in [3.8, 4) is 0 Å². The van der Waals surface area contributed by atoms with Gasteiger partial charge in [-0.1, -0.05) is 79.9 Å². The molecule has 0 fully saturated rings. The number of benzene rings is 1. The third-order valence-electron chi connectivity index (χ3n) is 4.26. The van der Waals surface area contributed by atoms with Crippen molar-refractivity contribution in [2.24, 2.45) is 0 Å². The van der Waals surface area contributed by atoms with Gasteiger partial charge in [0.2, 0.25) is 5.91 Å². The van der Waals surface area contributed by atoms with E-state index in [1.807, 2.05) is 12.1 Å². The lowest BCUT2D eigenvalue weighted by Gasteiger charge is -2.30. The van der Waals surface area contributed by atoms with Gasteiger partial charge < -0.3 is 5.32 Å². The second-order valence-corrected chi connectivity index (χ2v) is 7.36. The lowest BCUT2D eigenvalue weighted by molar-refractivity contribution is -0.117. The highest BCUT2D eigenvalue weighted by molar-refractivity contribution is 9.10. The van der Waals surface area contributed by atoms with Crippen LogP contribution in [0.4, 0.5) is 5.69 Å². The first-order valence-electron chi connectivity index (χ1n) is 8.24. The molecule has 1 aromatic rings. The summed E-state index contributed by atoms with van der Waals surface area (Å²) in [4.78, 5) is 25.0. The summed E-state index contributed by atoms with van der Waals surface area (Å²) in [6.45, 7) is 2.21. The molecule has 2 rings (SSSR count). The van der Waals surface area contributed by atoms with Crippen LogP contribution in [0.15, 0.2) is 24.3 Å². The Labute approximate surface area is 141 Å². The molecule has 0 radical (unpaired) electrons.